The van der Waals surface area contributed by atoms with E-state index in [4.69, 9.17) is 15.3 Å². The van der Waals surface area contributed by atoms with Crippen LogP contribution in [-0.2, 0) is 14.5 Å². The molecule has 0 rings (SSSR count). The van der Waals surface area contributed by atoms with Crippen LogP contribution in [0.1, 0.15) is 71.1 Å². The average molecular weight is 337 g/mol. The van der Waals surface area contributed by atoms with E-state index in [1.807, 2.05) is 0 Å². The maximum Gasteiger partial charge on any atom is 0.303 e. The molecule has 0 radical (unpaired) electrons. The molecule has 4 N–H and O–H groups in total. The van der Waals surface area contributed by atoms with Gasteiger partial charge in [-0.3, -0.25) is 14.5 Å². The van der Waals surface area contributed by atoms with Crippen molar-refractivity contribution in [2.75, 3.05) is 26.4 Å². The van der Waals surface area contributed by atoms with Crippen LogP contribution in [0.3, 0.4) is 0 Å². The van der Waals surface area contributed by atoms with Gasteiger partial charge in [-0.2, -0.15) is 0 Å². The number of hydrogen-bond donors (Lipinski definition) is 4. The predicted molar refractivity (Wildman–Crippen MR) is 88.7 cm³/mol. The van der Waals surface area contributed by atoms with Gasteiger partial charge in [0.1, 0.15) is 0 Å². The third-order valence-electron chi connectivity index (χ3n) is 3.00. The molecule has 0 spiro atoms. The highest BCUT2D eigenvalue weighted by atomic mass is 16.9. The summed E-state index contributed by atoms with van der Waals surface area (Å²) >= 11 is 0. The molecular weight excluding hydrogens is 302 g/mol. The summed E-state index contributed by atoms with van der Waals surface area (Å²) < 4.78 is 0. The zero-order chi connectivity index (χ0) is 17.6. The van der Waals surface area contributed by atoms with Crippen LogP contribution in [0.2, 0.25) is 0 Å². The Bertz CT molecular complexity index is 223. The van der Waals surface area contributed by atoms with Gasteiger partial charge in [0.2, 0.25) is 0 Å². The zero-order valence-electron chi connectivity index (χ0n) is 14.5. The van der Waals surface area contributed by atoms with Crippen molar-refractivity contribution in [1.29, 1.82) is 0 Å². The summed E-state index contributed by atoms with van der Waals surface area (Å²) in [5.41, 5.74) is 2.07. The first kappa shape index (κ1) is 24.5. The summed E-state index contributed by atoms with van der Waals surface area (Å²) in [5.74, 6) is -0.659. The van der Waals surface area contributed by atoms with Crippen LogP contribution in [0, 0.1) is 0 Å². The zero-order valence-corrected chi connectivity index (χ0v) is 14.5. The molecule has 0 aromatic rings. The lowest BCUT2D eigenvalue weighted by Gasteiger charge is -2.01. The van der Waals surface area contributed by atoms with Crippen molar-refractivity contribution in [3.63, 3.8) is 0 Å². The number of rotatable bonds is 16. The van der Waals surface area contributed by atoms with Gasteiger partial charge in [0.05, 0.1) is 26.4 Å². The summed E-state index contributed by atoms with van der Waals surface area (Å²) in [5, 5.41) is 24.7. The van der Waals surface area contributed by atoms with Crippen LogP contribution in [0.4, 0.5) is 0 Å². The fourth-order valence-electron chi connectivity index (χ4n) is 1.80. The quantitative estimate of drug-likeness (QED) is 0.253. The normalized spacial score (nSPS) is 10.2. The molecule has 7 heteroatoms. The van der Waals surface area contributed by atoms with Gasteiger partial charge in [-0.1, -0.05) is 63.9 Å². The Morgan fingerprint density at radius 2 is 1.26 bits per heavy atom. The van der Waals surface area contributed by atoms with Crippen LogP contribution < -0.4 is 5.64 Å². The first-order valence-electron chi connectivity index (χ1n) is 8.61. The van der Waals surface area contributed by atoms with E-state index >= 15 is 0 Å². The van der Waals surface area contributed by atoms with Gasteiger partial charge in [0, 0.05) is 6.42 Å². The van der Waals surface area contributed by atoms with E-state index in [0.717, 1.165) is 12.8 Å². The Kier molecular flexibility index (Phi) is 25.1. The molecule has 0 bridgehead atoms. The minimum atomic E-state index is -0.659. The molecule has 0 aromatic carbocycles. The van der Waals surface area contributed by atoms with Gasteiger partial charge >= 0.3 is 5.97 Å². The molecule has 0 aromatic heterocycles. The molecule has 0 aliphatic rings. The van der Waals surface area contributed by atoms with E-state index in [1.54, 1.807) is 0 Å². The van der Waals surface area contributed by atoms with E-state index in [1.165, 1.54) is 44.9 Å². The minimum Gasteiger partial charge on any atom is -0.481 e. The number of carboxylic acid groups (broad SMARTS) is 1. The molecule has 140 valence electrons. The highest BCUT2D eigenvalue weighted by molar-refractivity contribution is 5.66. The first-order chi connectivity index (χ1) is 11.2. The van der Waals surface area contributed by atoms with Crippen molar-refractivity contribution in [2.24, 2.45) is 0 Å². The summed E-state index contributed by atoms with van der Waals surface area (Å²) in [6.45, 7) is 2.45. The molecule has 7 nitrogen and oxygen atoms in total. The second-order valence-electron chi connectivity index (χ2n) is 5.20. The number of carboxylic acids is 1. The number of carbonyl (C=O) groups is 1. The Morgan fingerprint density at radius 3 is 1.65 bits per heavy atom. The standard InChI is InChI=1S/C12H24O2.C4H11NO4/c1-2-3-4-5-6-7-8-9-10-11-12(13)14;6-1-3-8-5-9-4-2-7/h2-11H2,1H3,(H,13,14);5-7H,1-4H2. The van der Waals surface area contributed by atoms with Gasteiger partial charge in [-0.25, -0.2) is 0 Å². The summed E-state index contributed by atoms with van der Waals surface area (Å²) in [7, 11) is 0. The monoisotopic (exact) mass is 337 g/mol. The van der Waals surface area contributed by atoms with Crippen LogP contribution in [0.25, 0.3) is 0 Å². The van der Waals surface area contributed by atoms with Gasteiger partial charge in [0.15, 0.2) is 0 Å². The van der Waals surface area contributed by atoms with Crippen molar-refractivity contribution in [3.8, 4) is 0 Å². The van der Waals surface area contributed by atoms with Crippen molar-refractivity contribution >= 4 is 5.97 Å². The maximum atomic E-state index is 10.2. The third kappa shape index (κ3) is 29.8. The highest BCUT2D eigenvalue weighted by Crippen LogP contribution is 2.10. The molecule has 0 aliphatic carbocycles. The van der Waals surface area contributed by atoms with E-state index < -0.39 is 5.97 Å². The second kappa shape index (κ2) is 23.5. The molecule has 0 saturated carbocycles. The number of hydrogen-bond acceptors (Lipinski definition) is 6. The van der Waals surface area contributed by atoms with Gasteiger partial charge in [-0.15, -0.1) is 0 Å². The summed E-state index contributed by atoms with van der Waals surface area (Å²) in [4.78, 5) is 19.1. The van der Waals surface area contributed by atoms with Crippen molar-refractivity contribution in [2.45, 2.75) is 71.1 Å². The van der Waals surface area contributed by atoms with Crippen LogP contribution >= 0.6 is 0 Å². The lowest BCUT2D eigenvalue weighted by atomic mass is 10.1. The van der Waals surface area contributed by atoms with E-state index in [2.05, 4.69) is 22.2 Å². The Labute approximate surface area is 139 Å². The second-order valence-corrected chi connectivity index (χ2v) is 5.20. The Hall–Kier alpha value is -0.730. The SMILES string of the molecule is CCCCCCCCCCCC(=O)O.OCCONOCCO. The maximum absolute atomic E-state index is 10.2. The van der Waals surface area contributed by atoms with E-state index in [-0.39, 0.29) is 26.4 Å². The number of aliphatic hydroxyl groups excluding tert-OH is 2. The molecule has 0 amide bonds. The largest absolute Gasteiger partial charge is 0.481 e. The third-order valence-corrected chi connectivity index (χ3v) is 3.00. The highest BCUT2D eigenvalue weighted by Gasteiger charge is 1.96. The van der Waals surface area contributed by atoms with Crippen molar-refractivity contribution < 1.29 is 29.8 Å². The van der Waals surface area contributed by atoms with E-state index in [0.29, 0.717) is 6.42 Å². The number of nitrogens with one attached hydrogen (secondary N) is 1. The lowest BCUT2D eigenvalue weighted by Crippen LogP contribution is -2.19. The fraction of sp³-hybridized carbons (Fsp3) is 0.938. The molecule has 23 heavy (non-hydrogen) atoms. The fourth-order valence-corrected chi connectivity index (χ4v) is 1.80. The number of unbranched alkanes of at least 4 members (excludes halogenated alkanes) is 8. The first-order valence-corrected chi connectivity index (χ1v) is 8.61. The number of aliphatic hydroxyl groups is 2. The summed E-state index contributed by atoms with van der Waals surface area (Å²) in [6.07, 6.45) is 11.5. The summed E-state index contributed by atoms with van der Waals surface area (Å²) in [6, 6.07) is 0. The topological polar surface area (TPSA) is 108 Å². The van der Waals surface area contributed by atoms with Crippen LogP contribution in [0.15, 0.2) is 0 Å². The predicted octanol–water partition coefficient (Wildman–Crippen LogP) is 2.42. The van der Waals surface area contributed by atoms with Crippen molar-refractivity contribution in [3.05, 3.63) is 0 Å². The van der Waals surface area contributed by atoms with Crippen molar-refractivity contribution in [1.82, 2.24) is 5.64 Å². The average Bonchev–Trinajstić information content (AvgIpc) is 2.54. The molecule has 0 unspecified atom stereocenters. The van der Waals surface area contributed by atoms with Gasteiger partial charge < -0.3 is 15.3 Å². The van der Waals surface area contributed by atoms with Crippen LogP contribution in [-0.4, -0.2) is 47.7 Å². The Balaban J connectivity index is 0. The Morgan fingerprint density at radius 1 is 0.826 bits per heavy atom. The lowest BCUT2D eigenvalue weighted by molar-refractivity contribution is -0.178. The molecule has 0 fully saturated rings. The molecular formula is C16H35NO6. The molecule has 0 atom stereocenters. The molecule has 0 saturated heterocycles. The molecule has 0 heterocycles. The smallest absolute Gasteiger partial charge is 0.303 e. The van der Waals surface area contributed by atoms with Gasteiger partial charge in [-0.05, 0) is 6.42 Å². The van der Waals surface area contributed by atoms with Gasteiger partial charge in [0.25, 0.3) is 0 Å². The van der Waals surface area contributed by atoms with E-state index in [9.17, 15) is 4.79 Å². The number of aliphatic carboxylic acids is 1. The molecule has 0 aliphatic heterocycles. The van der Waals surface area contributed by atoms with Crippen LogP contribution in [0.5, 0.6) is 0 Å². The minimum absolute atomic E-state index is 0.0600.